The zero-order chi connectivity index (χ0) is 14.5. The Bertz CT molecular complexity index is 439. The second-order valence-electron chi connectivity index (χ2n) is 5.58. The third-order valence-electron chi connectivity index (χ3n) is 3.37. The van der Waals surface area contributed by atoms with E-state index in [-0.39, 0.29) is 6.10 Å². The van der Waals surface area contributed by atoms with Crippen LogP contribution >= 0.6 is 0 Å². The van der Waals surface area contributed by atoms with Crippen LogP contribution in [-0.4, -0.2) is 34.1 Å². The van der Waals surface area contributed by atoms with Crippen molar-refractivity contribution in [3.8, 4) is 6.01 Å². The number of nitrogens with one attached hydrogen (secondary N) is 1. The maximum Gasteiger partial charge on any atom is 0.323 e. The van der Waals surface area contributed by atoms with E-state index in [2.05, 4.69) is 32.2 Å². The zero-order valence-electron chi connectivity index (χ0n) is 12.5. The average Bonchev–Trinajstić information content (AvgIpc) is 2.62. The van der Waals surface area contributed by atoms with Crippen LogP contribution < -0.4 is 20.9 Å². The summed E-state index contributed by atoms with van der Waals surface area (Å²) in [7, 11) is 0. The van der Waals surface area contributed by atoms with Gasteiger partial charge in [-0.15, -0.1) is 0 Å². The smallest absolute Gasteiger partial charge is 0.323 e. The van der Waals surface area contributed by atoms with Gasteiger partial charge in [0.1, 0.15) is 0 Å². The first-order valence-electron chi connectivity index (χ1n) is 7.22. The molecule has 0 spiro atoms. The Morgan fingerprint density at radius 3 is 2.75 bits per heavy atom. The van der Waals surface area contributed by atoms with Gasteiger partial charge in [0, 0.05) is 13.1 Å². The standard InChI is InChI=1S/C13H24N6O/c1-9(2)20-13-16-11(18-14)15-12(17-13)19-7-4-5-10(3)6-8-19/h9-10H,4-8,14H2,1-3H3,(H,15,16,17,18). The molecule has 3 N–H and O–H groups in total. The normalized spacial score (nSPS) is 19.9. The Morgan fingerprint density at radius 1 is 1.25 bits per heavy atom. The third-order valence-corrected chi connectivity index (χ3v) is 3.37. The van der Waals surface area contributed by atoms with Crippen LogP contribution in [0.3, 0.4) is 0 Å². The molecule has 112 valence electrons. The minimum absolute atomic E-state index is 0.0139. The van der Waals surface area contributed by atoms with Crippen molar-refractivity contribution in [3.63, 3.8) is 0 Å². The van der Waals surface area contributed by atoms with Crippen molar-refractivity contribution in [1.29, 1.82) is 0 Å². The fourth-order valence-electron chi connectivity index (χ4n) is 2.28. The molecule has 0 radical (unpaired) electrons. The highest BCUT2D eigenvalue weighted by Crippen LogP contribution is 2.21. The highest BCUT2D eigenvalue weighted by molar-refractivity contribution is 5.37. The van der Waals surface area contributed by atoms with E-state index in [9.17, 15) is 0 Å². The molecule has 0 amide bonds. The summed E-state index contributed by atoms with van der Waals surface area (Å²) >= 11 is 0. The lowest BCUT2D eigenvalue weighted by Gasteiger charge is -2.21. The lowest BCUT2D eigenvalue weighted by molar-refractivity contribution is 0.222. The highest BCUT2D eigenvalue weighted by atomic mass is 16.5. The Balaban J connectivity index is 2.20. The molecule has 1 aliphatic heterocycles. The number of hydrogen-bond acceptors (Lipinski definition) is 7. The van der Waals surface area contributed by atoms with E-state index in [1.807, 2.05) is 13.8 Å². The topological polar surface area (TPSA) is 89.2 Å². The molecule has 2 rings (SSSR count). The van der Waals surface area contributed by atoms with Crippen molar-refractivity contribution in [1.82, 2.24) is 15.0 Å². The van der Waals surface area contributed by atoms with E-state index in [0.29, 0.717) is 17.9 Å². The average molecular weight is 280 g/mol. The van der Waals surface area contributed by atoms with Gasteiger partial charge in [-0.2, -0.15) is 15.0 Å². The number of nitrogens with two attached hydrogens (primary N) is 1. The number of nitrogen functional groups attached to an aromatic ring is 1. The Labute approximate surface area is 119 Å². The van der Waals surface area contributed by atoms with Gasteiger partial charge in [0.15, 0.2) is 0 Å². The largest absolute Gasteiger partial charge is 0.461 e. The molecule has 1 atom stereocenters. The van der Waals surface area contributed by atoms with Crippen LogP contribution in [0.15, 0.2) is 0 Å². The molecule has 1 saturated heterocycles. The molecule has 0 bridgehead atoms. The predicted molar refractivity (Wildman–Crippen MR) is 78.6 cm³/mol. The first-order chi connectivity index (χ1) is 9.58. The summed E-state index contributed by atoms with van der Waals surface area (Å²) in [6.45, 7) is 8.08. The predicted octanol–water partition coefficient (Wildman–Crippen LogP) is 1.57. The fourth-order valence-corrected chi connectivity index (χ4v) is 2.28. The summed E-state index contributed by atoms with van der Waals surface area (Å²) in [5, 5.41) is 0. The summed E-state index contributed by atoms with van der Waals surface area (Å²) in [5.41, 5.74) is 2.48. The molecule has 20 heavy (non-hydrogen) atoms. The molecule has 1 aromatic rings. The van der Waals surface area contributed by atoms with E-state index in [1.54, 1.807) is 0 Å². The minimum atomic E-state index is 0.0139. The van der Waals surface area contributed by atoms with Gasteiger partial charge in [0.05, 0.1) is 6.10 Å². The van der Waals surface area contributed by atoms with Crippen LogP contribution in [0.25, 0.3) is 0 Å². The van der Waals surface area contributed by atoms with Crippen molar-refractivity contribution in [2.45, 2.75) is 46.1 Å². The van der Waals surface area contributed by atoms with Gasteiger partial charge in [-0.05, 0) is 39.0 Å². The summed E-state index contributed by atoms with van der Waals surface area (Å²) < 4.78 is 5.56. The molecule has 1 fully saturated rings. The number of ether oxygens (including phenoxy) is 1. The van der Waals surface area contributed by atoms with Crippen LogP contribution in [0.1, 0.15) is 40.0 Å². The van der Waals surface area contributed by atoms with Crippen LogP contribution in [-0.2, 0) is 0 Å². The SMILES string of the molecule is CC1CCCN(c2nc(NN)nc(OC(C)C)n2)CC1. The Hall–Kier alpha value is -1.63. The van der Waals surface area contributed by atoms with Gasteiger partial charge >= 0.3 is 6.01 Å². The maximum atomic E-state index is 5.56. The number of hydrogen-bond donors (Lipinski definition) is 2. The van der Waals surface area contributed by atoms with Crippen molar-refractivity contribution in [2.75, 3.05) is 23.4 Å². The van der Waals surface area contributed by atoms with E-state index in [4.69, 9.17) is 10.6 Å². The second kappa shape index (κ2) is 6.69. The van der Waals surface area contributed by atoms with Crippen molar-refractivity contribution in [3.05, 3.63) is 0 Å². The molecular formula is C13H24N6O. The Morgan fingerprint density at radius 2 is 2.05 bits per heavy atom. The van der Waals surface area contributed by atoms with Crippen LogP contribution in [0, 0.1) is 5.92 Å². The molecule has 1 unspecified atom stereocenters. The van der Waals surface area contributed by atoms with Gasteiger partial charge in [0.2, 0.25) is 11.9 Å². The molecule has 0 aromatic carbocycles. The van der Waals surface area contributed by atoms with E-state index in [1.165, 1.54) is 6.42 Å². The molecule has 1 aliphatic rings. The minimum Gasteiger partial charge on any atom is -0.461 e. The van der Waals surface area contributed by atoms with E-state index in [0.717, 1.165) is 31.8 Å². The van der Waals surface area contributed by atoms with E-state index >= 15 is 0 Å². The number of rotatable bonds is 4. The zero-order valence-corrected chi connectivity index (χ0v) is 12.5. The highest BCUT2D eigenvalue weighted by Gasteiger charge is 2.18. The number of hydrazine groups is 1. The fraction of sp³-hybridized carbons (Fsp3) is 0.769. The lowest BCUT2D eigenvalue weighted by Crippen LogP contribution is -2.27. The second-order valence-corrected chi connectivity index (χ2v) is 5.58. The molecule has 0 aliphatic carbocycles. The summed E-state index contributed by atoms with van der Waals surface area (Å²) in [6.07, 6.45) is 3.56. The lowest BCUT2D eigenvalue weighted by atomic mass is 10.0. The number of aromatic nitrogens is 3. The molecule has 7 heteroatoms. The first kappa shape index (κ1) is 14.8. The number of nitrogens with zero attached hydrogens (tertiary/aromatic N) is 4. The summed E-state index contributed by atoms with van der Waals surface area (Å²) in [4.78, 5) is 15.0. The molecule has 7 nitrogen and oxygen atoms in total. The van der Waals surface area contributed by atoms with Gasteiger partial charge in [-0.3, -0.25) is 5.43 Å². The van der Waals surface area contributed by atoms with Gasteiger partial charge in [-0.1, -0.05) is 6.92 Å². The molecule has 0 saturated carbocycles. The van der Waals surface area contributed by atoms with E-state index < -0.39 is 0 Å². The maximum absolute atomic E-state index is 5.56. The van der Waals surface area contributed by atoms with Gasteiger partial charge in [-0.25, -0.2) is 5.84 Å². The van der Waals surface area contributed by atoms with Crippen LogP contribution in [0.4, 0.5) is 11.9 Å². The van der Waals surface area contributed by atoms with Crippen LogP contribution in [0.2, 0.25) is 0 Å². The summed E-state index contributed by atoms with van der Waals surface area (Å²) in [6, 6.07) is 0.315. The number of anilines is 2. The molecular weight excluding hydrogens is 256 g/mol. The van der Waals surface area contributed by atoms with Crippen molar-refractivity contribution >= 4 is 11.9 Å². The van der Waals surface area contributed by atoms with Gasteiger partial charge in [0.25, 0.3) is 0 Å². The molecule has 2 heterocycles. The van der Waals surface area contributed by atoms with Gasteiger partial charge < -0.3 is 9.64 Å². The quantitative estimate of drug-likeness (QED) is 0.639. The van der Waals surface area contributed by atoms with Crippen molar-refractivity contribution in [2.24, 2.45) is 11.8 Å². The van der Waals surface area contributed by atoms with Crippen molar-refractivity contribution < 1.29 is 4.74 Å². The monoisotopic (exact) mass is 280 g/mol. The third kappa shape index (κ3) is 3.93. The molecule has 1 aromatic heterocycles. The Kier molecular flexibility index (Phi) is 4.94. The summed E-state index contributed by atoms with van der Waals surface area (Å²) in [5.74, 6) is 7.15. The first-order valence-corrected chi connectivity index (χ1v) is 7.22. The van der Waals surface area contributed by atoms with Crippen LogP contribution in [0.5, 0.6) is 6.01 Å².